The fourth-order valence-corrected chi connectivity index (χ4v) is 1.69. The summed E-state index contributed by atoms with van der Waals surface area (Å²) in [5.41, 5.74) is -0.177. The van der Waals surface area contributed by atoms with E-state index < -0.39 is 17.5 Å². The molecule has 0 heterocycles. The van der Waals surface area contributed by atoms with Gasteiger partial charge in [0.25, 0.3) is 5.91 Å². The van der Waals surface area contributed by atoms with E-state index in [1.54, 1.807) is 6.07 Å². The van der Waals surface area contributed by atoms with Crippen molar-refractivity contribution in [2.75, 3.05) is 11.9 Å². The monoisotopic (exact) mass is 263 g/mol. The molecule has 2 aromatic carbocycles. The number of carbonyl (C=O) groups excluding carboxylic acids is 1. The summed E-state index contributed by atoms with van der Waals surface area (Å²) in [4.78, 5) is 13.1. The minimum atomic E-state index is -0.854. The van der Waals surface area contributed by atoms with Crippen LogP contribution in [0.2, 0.25) is 0 Å². The number of amides is 1. The predicted molar refractivity (Wildman–Crippen MR) is 67.2 cm³/mol. The second kappa shape index (κ2) is 5.06. The topological polar surface area (TPSA) is 40.5 Å². The Morgan fingerprint density at radius 1 is 1.11 bits per heavy atom. The summed E-state index contributed by atoms with van der Waals surface area (Å²) in [7, 11) is 1.35. The van der Waals surface area contributed by atoms with Crippen molar-refractivity contribution in [3.8, 4) is 5.75 Å². The molecule has 2 rings (SSSR count). The maximum atomic E-state index is 13.6. The molecule has 0 fully saturated rings. The SMILES string of the molecule is CN(C(=O)c1ccc(O)cc1F)c1ccccc1F. The molecule has 0 spiro atoms. The molecule has 2 aromatic rings. The zero-order valence-electron chi connectivity index (χ0n) is 10.1. The number of benzene rings is 2. The number of hydrogen-bond acceptors (Lipinski definition) is 2. The maximum absolute atomic E-state index is 13.6. The fourth-order valence-electron chi connectivity index (χ4n) is 1.69. The van der Waals surface area contributed by atoms with Gasteiger partial charge in [0, 0.05) is 13.1 Å². The lowest BCUT2D eigenvalue weighted by Gasteiger charge is -2.18. The zero-order chi connectivity index (χ0) is 14.0. The number of hydrogen-bond donors (Lipinski definition) is 1. The van der Waals surface area contributed by atoms with Crippen molar-refractivity contribution in [1.29, 1.82) is 0 Å². The number of para-hydroxylation sites is 1. The summed E-state index contributed by atoms with van der Waals surface area (Å²) in [6.45, 7) is 0. The number of nitrogens with zero attached hydrogens (tertiary/aromatic N) is 1. The lowest BCUT2D eigenvalue weighted by atomic mass is 10.1. The summed E-state index contributed by atoms with van der Waals surface area (Å²) < 4.78 is 27.1. The second-order valence-electron chi connectivity index (χ2n) is 3.98. The quantitative estimate of drug-likeness (QED) is 0.905. The lowest BCUT2D eigenvalue weighted by molar-refractivity contribution is 0.0988. The van der Waals surface area contributed by atoms with Crippen LogP contribution in [0.4, 0.5) is 14.5 Å². The van der Waals surface area contributed by atoms with Crippen LogP contribution in [0.3, 0.4) is 0 Å². The summed E-state index contributed by atoms with van der Waals surface area (Å²) in [5.74, 6) is -2.39. The maximum Gasteiger partial charge on any atom is 0.261 e. The molecular formula is C14H11F2NO2. The molecule has 98 valence electrons. The van der Waals surface area contributed by atoms with E-state index in [-0.39, 0.29) is 17.0 Å². The third-order valence-electron chi connectivity index (χ3n) is 2.70. The smallest absolute Gasteiger partial charge is 0.261 e. The van der Waals surface area contributed by atoms with Gasteiger partial charge < -0.3 is 10.0 Å². The predicted octanol–water partition coefficient (Wildman–Crippen LogP) is 2.95. The molecule has 0 radical (unpaired) electrons. The molecule has 0 aromatic heterocycles. The highest BCUT2D eigenvalue weighted by molar-refractivity contribution is 6.06. The highest BCUT2D eigenvalue weighted by Crippen LogP contribution is 2.22. The minimum absolute atomic E-state index is 0.0555. The van der Waals surface area contributed by atoms with Gasteiger partial charge in [-0.3, -0.25) is 4.79 Å². The van der Waals surface area contributed by atoms with Gasteiger partial charge in [-0.1, -0.05) is 12.1 Å². The van der Waals surface area contributed by atoms with Crippen LogP contribution in [0.15, 0.2) is 42.5 Å². The largest absolute Gasteiger partial charge is 0.508 e. The van der Waals surface area contributed by atoms with E-state index in [0.29, 0.717) is 0 Å². The second-order valence-corrected chi connectivity index (χ2v) is 3.98. The van der Waals surface area contributed by atoms with Crippen molar-refractivity contribution in [2.45, 2.75) is 0 Å². The van der Waals surface area contributed by atoms with E-state index in [1.165, 1.54) is 31.3 Å². The van der Waals surface area contributed by atoms with Crippen molar-refractivity contribution in [3.63, 3.8) is 0 Å². The van der Waals surface area contributed by atoms with Crippen molar-refractivity contribution in [1.82, 2.24) is 0 Å². The van der Waals surface area contributed by atoms with E-state index in [1.807, 2.05) is 0 Å². The van der Waals surface area contributed by atoms with Crippen LogP contribution in [0.5, 0.6) is 5.75 Å². The first kappa shape index (κ1) is 13.0. The van der Waals surface area contributed by atoms with Crippen LogP contribution < -0.4 is 4.90 Å². The number of carbonyl (C=O) groups is 1. The Morgan fingerprint density at radius 3 is 2.42 bits per heavy atom. The van der Waals surface area contributed by atoms with Crippen molar-refractivity contribution in [3.05, 3.63) is 59.7 Å². The first-order valence-corrected chi connectivity index (χ1v) is 5.52. The number of phenols is 1. The highest BCUT2D eigenvalue weighted by Gasteiger charge is 2.19. The van der Waals surface area contributed by atoms with Gasteiger partial charge in [0.1, 0.15) is 17.4 Å². The summed E-state index contributed by atoms with van der Waals surface area (Å²) in [6.07, 6.45) is 0. The molecule has 19 heavy (non-hydrogen) atoms. The number of aromatic hydroxyl groups is 1. The van der Waals surface area contributed by atoms with Gasteiger partial charge in [0.05, 0.1) is 11.3 Å². The van der Waals surface area contributed by atoms with Crippen LogP contribution in [0.25, 0.3) is 0 Å². The normalized spacial score (nSPS) is 10.3. The third-order valence-corrected chi connectivity index (χ3v) is 2.70. The average molecular weight is 263 g/mol. The molecule has 0 saturated carbocycles. The van der Waals surface area contributed by atoms with Gasteiger partial charge in [-0.15, -0.1) is 0 Å². The van der Waals surface area contributed by atoms with Gasteiger partial charge >= 0.3 is 0 Å². The minimum Gasteiger partial charge on any atom is -0.508 e. The van der Waals surface area contributed by atoms with Crippen LogP contribution in [-0.2, 0) is 0 Å². The Bertz CT molecular complexity index is 629. The van der Waals surface area contributed by atoms with Crippen LogP contribution in [0, 0.1) is 11.6 Å². The van der Waals surface area contributed by atoms with E-state index >= 15 is 0 Å². The van der Waals surface area contributed by atoms with Gasteiger partial charge in [0.15, 0.2) is 0 Å². The van der Waals surface area contributed by atoms with Gasteiger partial charge in [0.2, 0.25) is 0 Å². The molecule has 0 aliphatic rings. The van der Waals surface area contributed by atoms with Crippen molar-refractivity contribution in [2.24, 2.45) is 0 Å². The number of anilines is 1. The first-order valence-electron chi connectivity index (χ1n) is 5.52. The van der Waals surface area contributed by atoms with E-state index in [0.717, 1.165) is 17.0 Å². The third kappa shape index (κ3) is 2.54. The molecule has 0 bridgehead atoms. The Morgan fingerprint density at radius 2 is 1.79 bits per heavy atom. The van der Waals surface area contributed by atoms with Gasteiger partial charge in [-0.05, 0) is 24.3 Å². The van der Waals surface area contributed by atoms with Crippen LogP contribution in [-0.4, -0.2) is 18.1 Å². The molecule has 3 nitrogen and oxygen atoms in total. The molecule has 1 N–H and O–H groups in total. The first-order chi connectivity index (χ1) is 9.00. The van der Waals surface area contributed by atoms with Crippen LogP contribution >= 0.6 is 0 Å². The van der Waals surface area contributed by atoms with Gasteiger partial charge in [-0.25, -0.2) is 8.78 Å². The fraction of sp³-hybridized carbons (Fsp3) is 0.0714. The average Bonchev–Trinajstić information content (AvgIpc) is 2.38. The van der Waals surface area contributed by atoms with E-state index in [2.05, 4.69) is 0 Å². The zero-order valence-corrected chi connectivity index (χ0v) is 10.1. The van der Waals surface area contributed by atoms with Crippen molar-refractivity contribution < 1.29 is 18.7 Å². The molecule has 0 aliphatic carbocycles. The molecule has 1 amide bonds. The molecule has 0 atom stereocenters. The molecule has 0 unspecified atom stereocenters. The standard InChI is InChI=1S/C14H11F2NO2/c1-17(13-5-3-2-4-11(13)15)14(19)10-7-6-9(18)8-12(10)16/h2-8,18H,1H3. The van der Waals surface area contributed by atoms with Gasteiger partial charge in [-0.2, -0.15) is 0 Å². The number of rotatable bonds is 2. The summed E-state index contributed by atoms with van der Waals surface area (Å²) >= 11 is 0. The molecule has 0 saturated heterocycles. The lowest BCUT2D eigenvalue weighted by Crippen LogP contribution is -2.27. The number of phenolic OH excluding ortho intramolecular Hbond substituents is 1. The Kier molecular flexibility index (Phi) is 3.46. The van der Waals surface area contributed by atoms with Crippen molar-refractivity contribution >= 4 is 11.6 Å². The van der Waals surface area contributed by atoms with E-state index in [4.69, 9.17) is 5.11 Å². The summed E-state index contributed by atoms with van der Waals surface area (Å²) in [6, 6.07) is 8.91. The molecule has 0 aliphatic heterocycles. The Balaban J connectivity index is 2.37. The highest BCUT2D eigenvalue weighted by atomic mass is 19.1. The Hall–Kier alpha value is -2.43. The molecular weight excluding hydrogens is 252 g/mol. The molecule has 5 heteroatoms. The summed E-state index contributed by atoms with van der Waals surface area (Å²) in [5, 5.41) is 9.09. The Labute approximate surface area is 108 Å². The van der Waals surface area contributed by atoms with Crippen LogP contribution in [0.1, 0.15) is 10.4 Å². The number of halogens is 2. The van der Waals surface area contributed by atoms with E-state index in [9.17, 15) is 13.6 Å².